The number of carbonyl (C=O) groups excluding carboxylic acids is 1. The second-order valence-electron chi connectivity index (χ2n) is 4.53. The molecule has 0 saturated heterocycles. The molecule has 0 saturated carbocycles. The van der Waals surface area contributed by atoms with Gasteiger partial charge in [0.1, 0.15) is 0 Å². The van der Waals surface area contributed by atoms with Gasteiger partial charge in [0.25, 0.3) is 0 Å². The zero-order valence-corrected chi connectivity index (χ0v) is 10.1. The van der Waals surface area contributed by atoms with Crippen LogP contribution in [0.4, 0.5) is 0 Å². The van der Waals surface area contributed by atoms with Gasteiger partial charge in [-0.3, -0.25) is 4.79 Å². The fraction of sp³-hybridized carbons (Fsp3) is 0.750. The van der Waals surface area contributed by atoms with Crippen molar-refractivity contribution < 1.29 is 14.6 Å². The maximum Gasteiger partial charge on any atom is 0.302 e. The first kappa shape index (κ1) is 14.2. The van der Waals surface area contributed by atoms with Crippen molar-refractivity contribution >= 4 is 5.97 Å². The van der Waals surface area contributed by atoms with Crippen LogP contribution in [-0.2, 0) is 9.53 Å². The Morgan fingerprint density at radius 3 is 2.60 bits per heavy atom. The standard InChI is InChI=1S/C12H22O3/c1-10(7-9-15-11(2)13)6-5-8-12(3,4)14/h5,8,10,14H,6-7,9H2,1-4H3/b8-5+/t10-/m0/s1. The van der Waals surface area contributed by atoms with Crippen LogP contribution in [0, 0.1) is 5.92 Å². The van der Waals surface area contributed by atoms with E-state index in [9.17, 15) is 9.90 Å². The van der Waals surface area contributed by atoms with Crippen molar-refractivity contribution in [1.29, 1.82) is 0 Å². The Balaban J connectivity index is 3.62. The first-order chi connectivity index (χ1) is 6.81. The topological polar surface area (TPSA) is 46.5 Å². The maximum atomic E-state index is 10.5. The molecule has 0 rings (SSSR count). The predicted molar refractivity (Wildman–Crippen MR) is 60.5 cm³/mol. The van der Waals surface area contributed by atoms with Crippen LogP contribution in [0.15, 0.2) is 12.2 Å². The number of hydrogen-bond acceptors (Lipinski definition) is 3. The molecule has 0 aromatic rings. The number of rotatable bonds is 6. The Labute approximate surface area is 92.1 Å². The van der Waals surface area contributed by atoms with Gasteiger partial charge in [0.15, 0.2) is 0 Å². The van der Waals surface area contributed by atoms with E-state index in [-0.39, 0.29) is 5.97 Å². The molecular weight excluding hydrogens is 192 g/mol. The van der Waals surface area contributed by atoms with Crippen molar-refractivity contribution in [1.82, 2.24) is 0 Å². The lowest BCUT2D eigenvalue weighted by Crippen LogP contribution is -2.13. The van der Waals surface area contributed by atoms with Crippen LogP contribution in [0.2, 0.25) is 0 Å². The summed E-state index contributed by atoms with van der Waals surface area (Å²) >= 11 is 0. The lowest BCUT2D eigenvalue weighted by atomic mass is 10.0. The van der Waals surface area contributed by atoms with Gasteiger partial charge in [0.05, 0.1) is 12.2 Å². The summed E-state index contributed by atoms with van der Waals surface area (Å²) in [6.45, 7) is 7.48. The van der Waals surface area contributed by atoms with Crippen molar-refractivity contribution in [2.45, 2.75) is 46.1 Å². The van der Waals surface area contributed by atoms with Crippen molar-refractivity contribution in [3.05, 3.63) is 12.2 Å². The fourth-order valence-electron chi connectivity index (χ4n) is 1.11. The Bertz CT molecular complexity index is 213. The van der Waals surface area contributed by atoms with Gasteiger partial charge in [-0.15, -0.1) is 0 Å². The molecule has 0 amide bonds. The first-order valence-corrected chi connectivity index (χ1v) is 5.34. The summed E-state index contributed by atoms with van der Waals surface area (Å²) in [5.74, 6) is 0.234. The summed E-state index contributed by atoms with van der Waals surface area (Å²) in [6.07, 6.45) is 5.51. The highest BCUT2D eigenvalue weighted by Gasteiger charge is 2.06. The Hall–Kier alpha value is -0.830. The van der Waals surface area contributed by atoms with Crippen LogP contribution >= 0.6 is 0 Å². The van der Waals surface area contributed by atoms with E-state index < -0.39 is 5.60 Å². The molecule has 1 N–H and O–H groups in total. The average Bonchev–Trinajstić information content (AvgIpc) is 2.00. The first-order valence-electron chi connectivity index (χ1n) is 5.34. The third kappa shape index (κ3) is 11.1. The van der Waals surface area contributed by atoms with Crippen molar-refractivity contribution in [3.63, 3.8) is 0 Å². The molecule has 0 heterocycles. The minimum absolute atomic E-state index is 0.228. The molecule has 15 heavy (non-hydrogen) atoms. The molecular formula is C12H22O3. The van der Waals surface area contributed by atoms with Crippen LogP contribution in [0.1, 0.15) is 40.5 Å². The molecule has 0 aromatic carbocycles. The van der Waals surface area contributed by atoms with Gasteiger partial charge in [-0.1, -0.05) is 19.1 Å². The molecule has 0 aliphatic rings. The largest absolute Gasteiger partial charge is 0.466 e. The van der Waals surface area contributed by atoms with Crippen molar-refractivity contribution in [3.8, 4) is 0 Å². The molecule has 0 aromatic heterocycles. The Morgan fingerprint density at radius 1 is 1.53 bits per heavy atom. The summed E-state index contributed by atoms with van der Waals surface area (Å²) in [7, 11) is 0. The third-order valence-corrected chi connectivity index (χ3v) is 1.98. The van der Waals surface area contributed by atoms with Gasteiger partial charge >= 0.3 is 5.97 Å². The smallest absolute Gasteiger partial charge is 0.302 e. The zero-order chi connectivity index (χ0) is 11.9. The molecule has 0 aliphatic heterocycles. The van der Waals surface area contributed by atoms with Crippen molar-refractivity contribution in [2.24, 2.45) is 5.92 Å². The summed E-state index contributed by atoms with van der Waals surface area (Å²) in [4.78, 5) is 10.5. The van der Waals surface area contributed by atoms with E-state index in [0.717, 1.165) is 12.8 Å². The quantitative estimate of drug-likeness (QED) is 0.545. The summed E-state index contributed by atoms with van der Waals surface area (Å²) in [5.41, 5.74) is -0.740. The van der Waals surface area contributed by atoms with E-state index >= 15 is 0 Å². The third-order valence-electron chi connectivity index (χ3n) is 1.98. The van der Waals surface area contributed by atoms with E-state index in [1.54, 1.807) is 19.9 Å². The van der Waals surface area contributed by atoms with Crippen LogP contribution in [0.3, 0.4) is 0 Å². The minimum Gasteiger partial charge on any atom is -0.466 e. The fourth-order valence-corrected chi connectivity index (χ4v) is 1.11. The normalized spacial score (nSPS) is 14.2. The van der Waals surface area contributed by atoms with E-state index in [4.69, 9.17) is 4.74 Å². The monoisotopic (exact) mass is 214 g/mol. The lowest BCUT2D eigenvalue weighted by Gasteiger charge is -2.12. The number of carbonyl (C=O) groups is 1. The molecule has 0 unspecified atom stereocenters. The van der Waals surface area contributed by atoms with Crippen LogP contribution in [-0.4, -0.2) is 23.3 Å². The summed E-state index contributed by atoms with van der Waals surface area (Å²) < 4.78 is 4.85. The highest BCUT2D eigenvalue weighted by molar-refractivity contribution is 5.65. The molecule has 0 fully saturated rings. The molecule has 0 radical (unpaired) electrons. The second kappa shape index (κ2) is 6.62. The Morgan fingerprint density at radius 2 is 2.13 bits per heavy atom. The van der Waals surface area contributed by atoms with Gasteiger partial charge in [0.2, 0.25) is 0 Å². The van der Waals surface area contributed by atoms with Crippen LogP contribution < -0.4 is 0 Å². The second-order valence-corrected chi connectivity index (χ2v) is 4.53. The van der Waals surface area contributed by atoms with Crippen LogP contribution in [0.5, 0.6) is 0 Å². The molecule has 0 aliphatic carbocycles. The minimum atomic E-state index is -0.740. The number of ether oxygens (including phenoxy) is 1. The van der Waals surface area contributed by atoms with Gasteiger partial charge in [0, 0.05) is 6.92 Å². The van der Waals surface area contributed by atoms with E-state index in [2.05, 4.69) is 6.92 Å². The highest BCUT2D eigenvalue weighted by atomic mass is 16.5. The lowest BCUT2D eigenvalue weighted by molar-refractivity contribution is -0.141. The van der Waals surface area contributed by atoms with E-state index in [1.165, 1.54) is 6.92 Å². The maximum absolute atomic E-state index is 10.5. The predicted octanol–water partition coefficient (Wildman–Crippen LogP) is 2.29. The molecule has 0 bridgehead atoms. The van der Waals surface area contributed by atoms with Gasteiger partial charge < -0.3 is 9.84 Å². The van der Waals surface area contributed by atoms with Crippen molar-refractivity contribution in [2.75, 3.05) is 6.61 Å². The summed E-state index contributed by atoms with van der Waals surface area (Å²) in [5, 5.41) is 9.42. The Kier molecular flexibility index (Phi) is 6.25. The zero-order valence-electron chi connectivity index (χ0n) is 10.1. The molecule has 1 atom stereocenters. The average molecular weight is 214 g/mol. The summed E-state index contributed by atoms with van der Waals surface area (Å²) in [6, 6.07) is 0. The molecule has 3 nitrogen and oxygen atoms in total. The van der Waals surface area contributed by atoms with Gasteiger partial charge in [-0.25, -0.2) is 0 Å². The number of hydrogen-bond donors (Lipinski definition) is 1. The van der Waals surface area contributed by atoms with Gasteiger partial charge in [-0.2, -0.15) is 0 Å². The van der Waals surface area contributed by atoms with Crippen LogP contribution in [0.25, 0.3) is 0 Å². The van der Waals surface area contributed by atoms with E-state index in [1.807, 2.05) is 6.08 Å². The molecule has 88 valence electrons. The molecule has 0 spiro atoms. The number of esters is 1. The van der Waals surface area contributed by atoms with Gasteiger partial charge in [-0.05, 0) is 32.6 Å². The van der Waals surface area contributed by atoms with E-state index in [0.29, 0.717) is 12.5 Å². The number of aliphatic hydroxyl groups is 1. The number of allylic oxidation sites excluding steroid dienone is 1. The highest BCUT2D eigenvalue weighted by Crippen LogP contribution is 2.11. The SMILES string of the molecule is CC(=O)OCC[C@@H](C)C/C=C/C(C)(C)O. The molecule has 3 heteroatoms.